The van der Waals surface area contributed by atoms with Crippen molar-refractivity contribution in [2.24, 2.45) is 16.7 Å². The first kappa shape index (κ1) is 48.3. The topological polar surface area (TPSA) is 274 Å². The van der Waals surface area contributed by atoms with Crippen LogP contribution in [0.2, 0.25) is 0 Å². The molecule has 1 amide bonds. The number of fused-ring (bicyclic) bond motifs is 5. The van der Waals surface area contributed by atoms with Crippen molar-refractivity contribution in [2.45, 2.75) is 146 Å². The van der Waals surface area contributed by atoms with Crippen LogP contribution in [-0.2, 0) is 47.6 Å². The number of nitrogens with one attached hydrogen (secondary N) is 1. The molecule has 7 rings (SSSR count). The number of ether oxygens (including phenoxy) is 6. The van der Waals surface area contributed by atoms with Crippen LogP contribution in [0, 0.1) is 16.7 Å². The normalized spacial score (nSPS) is 37.1. The second-order valence-corrected chi connectivity index (χ2v) is 18.6. The van der Waals surface area contributed by atoms with Crippen LogP contribution < -0.4 is 5.32 Å². The minimum absolute atomic E-state index is 0.0350. The molecule has 2 aliphatic heterocycles. The summed E-state index contributed by atoms with van der Waals surface area (Å²) in [7, 11) is 0. The zero-order valence-electron chi connectivity index (χ0n) is 37.1. The lowest BCUT2D eigenvalue weighted by Crippen LogP contribution is -2.82. The molecule has 18 heteroatoms. The minimum Gasteiger partial charge on any atom is -0.456 e. The molecule has 354 valence electrons. The van der Waals surface area contributed by atoms with Crippen molar-refractivity contribution in [3.8, 4) is 0 Å². The van der Waals surface area contributed by atoms with Crippen LogP contribution in [0.15, 0.2) is 71.8 Å². The standard InChI is InChI=1S/C47H59NO17/c1-7-14-31(51)48-33(25-15-10-8-11-16-25)36(54)42(58)62-28-20-47(59)40(64-41(57)26-17-12-9-13-18-26)38-45(6,39(56)35(53)32(23(28)2)44(47,4)5)29(19-30-46(38,22-61-30)65-24(3)49)63-43-37(55)34(52)27(50)21-60-43/h8-13,15-18,27-30,33-38,40,43,50,52-55,59H,7,14,19-22H2,1-6H3,(H,48,51)/t27-,28+,29+,30-,33+,34+,35-,36-,37-,38+,40+,43+,45-,46+,47-/m1/s1. The van der Waals surface area contributed by atoms with Gasteiger partial charge in [-0.3, -0.25) is 14.4 Å². The van der Waals surface area contributed by atoms with Crippen LogP contribution in [0.5, 0.6) is 0 Å². The van der Waals surface area contributed by atoms with Gasteiger partial charge in [0.2, 0.25) is 5.91 Å². The highest BCUT2D eigenvalue weighted by molar-refractivity contribution is 5.94. The number of aliphatic hydroxyl groups excluding tert-OH is 5. The number of Topliss-reactive ketones (excluding diaryl/α,β-unsaturated/α-hetero) is 1. The number of amides is 1. The molecule has 4 fully saturated rings. The van der Waals surface area contributed by atoms with Crippen molar-refractivity contribution in [1.82, 2.24) is 5.32 Å². The van der Waals surface area contributed by atoms with Gasteiger partial charge in [0.1, 0.15) is 48.3 Å². The number of hydrogen-bond donors (Lipinski definition) is 7. The van der Waals surface area contributed by atoms with Gasteiger partial charge in [-0.2, -0.15) is 0 Å². The van der Waals surface area contributed by atoms with Gasteiger partial charge in [-0.1, -0.05) is 69.3 Å². The number of benzene rings is 2. The Morgan fingerprint density at radius 2 is 1.57 bits per heavy atom. The molecule has 3 aliphatic carbocycles. The van der Waals surface area contributed by atoms with Crippen molar-refractivity contribution in [1.29, 1.82) is 0 Å². The van der Waals surface area contributed by atoms with Crippen molar-refractivity contribution in [2.75, 3.05) is 13.2 Å². The average molecular weight is 910 g/mol. The largest absolute Gasteiger partial charge is 0.456 e. The molecule has 15 atom stereocenters. The fraction of sp³-hybridized carbons (Fsp3) is 0.596. The predicted molar refractivity (Wildman–Crippen MR) is 224 cm³/mol. The number of ketones is 1. The van der Waals surface area contributed by atoms with Crippen molar-refractivity contribution < 1.29 is 83.0 Å². The van der Waals surface area contributed by atoms with Crippen LogP contribution in [0.4, 0.5) is 0 Å². The Morgan fingerprint density at radius 1 is 0.923 bits per heavy atom. The van der Waals surface area contributed by atoms with Crippen LogP contribution >= 0.6 is 0 Å². The van der Waals surface area contributed by atoms with E-state index in [-0.39, 0.29) is 36.2 Å². The van der Waals surface area contributed by atoms with E-state index in [9.17, 15) is 49.8 Å². The first-order chi connectivity index (χ1) is 30.6. The third kappa shape index (κ3) is 8.20. The predicted octanol–water partition coefficient (Wildman–Crippen LogP) is 1.11. The zero-order valence-corrected chi connectivity index (χ0v) is 37.1. The van der Waals surface area contributed by atoms with Crippen molar-refractivity contribution in [3.05, 3.63) is 82.9 Å². The number of carbonyl (C=O) groups is 5. The molecular formula is C47H59NO17. The molecule has 18 nitrogen and oxygen atoms in total. The van der Waals surface area contributed by atoms with E-state index in [1.165, 1.54) is 39.8 Å². The molecular weight excluding hydrogens is 851 g/mol. The molecule has 0 spiro atoms. The first-order valence-corrected chi connectivity index (χ1v) is 21.9. The van der Waals surface area contributed by atoms with E-state index in [0.29, 0.717) is 12.0 Å². The third-order valence-corrected chi connectivity index (χ3v) is 14.4. The lowest BCUT2D eigenvalue weighted by Gasteiger charge is -2.68. The molecule has 2 saturated carbocycles. The van der Waals surface area contributed by atoms with Crippen molar-refractivity contribution in [3.63, 3.8) is 0 Å². The summed E-state index contributed by atoms with van der Waals surface area (Å²) in [5, 5.41) is 72.5. The molecule has 2 aromatic rings. The lowest BCUT2D eigenvalue weighted by molar-refractivity contribution is -0.366. The van der Waals surface area contributed by atoms with Gasteiger partial charge in [-0.15, -0.1) is 0 Å². The van der Waals surface area contributed by atoms with Crippen molar-refractivity contribution >= 4 is 29.6 Å². The quantitative estimate of drug-likeness (QED) is 0.0893. The zero-order chi connectivity index (χ0) is 47.4. The molecule has 2 heterocycles. The summed E-state index contributed by atoms with van der Waals surface area (Å²) in [6.45, 7) is 8.03. The highest BCUT2D eigenvalue weighted by Gasteiger charge is 2.78. The Labute approximate surface area is 375 Å². The fourth-order valence-electron chi connectivity index (χ4n) is 10.8. The maximum absolute atomic E-state index is 15.6. The van der Waals surface area contributed by atoms with Gasteiger partial charge in [0, 0.05) is 31.6 Å². The third-order valence-electron chi connectivity index (χ3n) is 14.4. The summed E-state index contributed by atoms with van der Waals surface area (Å²) in [6.07, 6.45) is -17.0. The van der Waals surface area contributed by atoms with E-state index in [1.807, 2.05) is 0 Å². The molecule has 2 saturated heterocycles. The number of carbonyl (C=O) groups excluding carboxylic acids is 5. The van der Waals surface area contributed by atoms with Crippen LogP contribution in [0.1, 0.15) is 89.2 Å². The second kappa shape index (κ2) is 18.2. The second-order valence-electron chi connectivity index (χ2n) is 18.6. The molecule has 5 aliphatic rings. The van der Waals surface area contributed by atoms with E-state index >= 15 is 4.79 Å². The number of rotatable bonds is 12. The molecule has 2 bridgehead atoms. The van der Waals surface area contributed by atoms with Gasteiger partial charge in [0.15, 0.2) is 23.8 Å². The highest BCUT2D eigenvalue weighted by atomic mass is 16.7. The van der Waals surface area contributed by atoms with Crippen LogP contribution in [-0.4, -0.2) is 146 Å². The minimum atomic E-state index is -2.44. The summed E-state index contributed by atoms with van der Waals surface area (Å²) >= 11 is 0. The Kier molecular flexibility index (Phi) is 13.5. The van der Waals surface area contributed by atoms with Gasteiger partial charge in [-0.05, 0) is 49.1 Å². The van der Waals surface area contributed by atoms with E-state index in [4.69, 9.17) is 28.4 Å². The Morgan fingerprint density at radius 3 is 2.17 bits per heavy atom. The maximum Gasteiger partial charge on any atom is 0.338 e. The smallest absolute Gasteiger partial charge is 0.338 e. The first-order valence-electron chi connectivity index (χ1n) is 21.9. The van der Waals surface area contributed by atoms with Gasteiger partial charge < -0.3 is 64.4 Å². The molecule has 0 radical (unpaired) electrons. The van der Waals surface area contributed by atoms with E-state index < -0.39 is 138 Å². The van der Waals surface area contributed by atoms with Gasteiger partial charge in [-0.25, -0.2) is 9.59 Å². The SMILES string of the molecule is CCCC(=O)N[C@@H](c1ccccc1)[C@@H](O)C(=O)O[C@H]1C[C@@]2(O)[C@@H](OC(=O)c3ccccc3)[C@@H]3[C@]4(OC(C)=O)CO[C@@H]4C[C@H](O[C@@H]4OC[C@@H](O)[C@H](O)[C@H]4O)[C@@]3(C)C(=O)[C@H](O)C(=C1C)C2(C)C. The summed E-state index contributed by atoms with van der Waals surface area (Å²) in [5.74, 6) is -6.06. The molecule has 0 unspecified atom stereocenters. The monoisotopic (exact) mass is 909 g/mol. The molecule has 0 aromatic heterocycles. The average Bonchev–Trinajstić information content (AvgIpc) is 3.26. The van der Waals surface area contributed by atoms with Gasteiger partial charge in [0.05, 0.1) is 42.3 Å². The highest BCUT2D eigenvalue weighted by Crippen LogP contribution is 2.65. The summed E-state index contributed by atoms with van der Waals surface area (Å²) < 4.78 is 36.6. The van der Waals surface area contributed by atoms with Gasteiger partial charge in [0.25, 0.3) is 0 Å². The summed E-state index contributed by atoms with van der Waals surface area (Å²) in [4.78, 5) is 70.3. The van der Waals surface area contributed by atoms with E-state index in [0.717, 1.165) is 6.92 Å². The molecule has 65 heavy (non-hydrogen) atoms. The lowest BCUT2D eigenvalue weighted by atomic mass is 9.44. The number of esters is 3. The van der Waals surface area contributed by atoms with Gasteiger partial charge >= 0.3 is 17.9 Å². The molecule has 7 N–H and O–H groups in total. The fourth-order valence-corrected chi connectivity index (χ4v) is 10.8. The maximum atomic E-state index is 15.6. The Hall–Kier alpha value is -4.63. The van der Waals surface area contributed by atoms with Crippen LogP contribution in [0.3, 0.4) is 0 Å². The van der Waals surface area contributed by atoms with Crippen LogP contribution in [0.25, 0.3) is 0 Å². The Bertz CT molecular complexity index is 2170. The van der Waals surface area contributed by atoms with E-state index in [1.54, 1.807) is 55.5 Å². The Balaban J connectivity index is 1.39. The number of aliphatic hydroxyl groups is 6. The summed E-state index contributed by atoms with van der Waals surface area (Å²) in [6, 6.07) is 14.7. The number of hydrogen-bond acceptors (Lipinski definition) is 17. The summed E-state index contributed by atoms with van der Waals surface area (Å²) in [5.41, 5.74) is -7.70. The van der Waals surface area contributed by atoms with E-state index in [2.05, 4.69) is 5.32 Å². The molecule has 2 aromatic carbocycles.